The van der Waals surface area contributed by atoms with Crippen molar-refractivity contribution in [2.75, 3.05) is 6.54 Å². The molecule has 0 saturated heterocycles. The van der Waals surface area contributed by atoms with Gasteiger partial charge in [0.25, 0.3) is 0 Å². The number of hydrogen-bond acceptors (Lipinski definition) is 5. The molecule has 3 aromatic rings. The molecule has 0 spiro atoms. The quantitative estimate of drug-likeness (QED) is 0.0726. The Morgan fingerprint density at radius 1 is 1.13 bits per heavy atom. The van der Waals surface area contributed by atoms with E-state index in [4.69, 9.17) is 0 Å². The van der Waals surface area contributed by atoms with Crippen molar-refractivity contribution in [1.29, 1.82) is 0 Å². The molecule has 0 amide bonds. The molecule has 2 aliphatic heterocycles. The number of halogens is 6. The molecule has 5 nitrogen and oxygen atoms in total. The molecular formula is C33H34F5INO4S2Si+. The summed E-state index contributed by atoms with van der Waals surface area (Å²) in [4.78, 5) is 12.1. The molecule has 2 heterocycles. The molecule has 3 aromatic carbocycles. The van der Waals surface area contributed by atoms with Crippen LogP contribution in [0.1, 0.15) is 68.2 Å². The third kappa shape index (κ3) is 6.31. The van der Waals surface area contributed by atoms with Crippen LogP contribution in [0.15, 0.2) is 42.5 Å². The summed E-state index contributed by atoms with van der Waals surface area (Å²) in [7, 11) is -8.45. The topological polar surface area (TPSA) is 63.5 Å². The summed E-state index contributed by atoms with van der Waals surface area (Å²) in [6, 6.07) is 12.3. The monoisotopic (exact) mass is 822 g/mol. The minimum absolute atomic E-state index is 0.0451. The van der Waals surface area contributed by atoms with Crippen molar-refractivity contribution in [3.8, 4) is 5.75 Å². The molecule has 0 fully saturated rings. The first-order chi connectivity index (χ1) is 21.7. The Morgan fingerprint density at radius 3 is 2.40 bits per heavy atom. The predicted molar refractivity (Wildman–Crippen MR) is 186 cm³/mol. The number of rotatable bonds is 7. The molecule has 0 saturated carbocycles. The van der Waals surface area contributed by atoms with Gasteiger partial charge in [-0.25, -0.2) is 13.4 Å². The Kier molecular flexibility index (Phi) is 9.60. The van der Waals surface area contributed by atoms with Crippen molar-refractivity contribution in [3.63, 3.8) is 0 Å². The highest BCUT2D eigenvalue weighted by Crippen LogP contribution is 2.36. The summed E-state index contributed by atoms with van der Waals surface area (Å²) >= 11 is 1.98. The molecule has 0 bridgehead atoms. The van der Waals surface area contributed by atoms with Crippen molar-refractivity contribution in [1.82, 2.24) is 4.58 Å². The number of alkyl halides is 3. The van der Waals surface area contributed by atoms with Crippen molar-refractivity contribution in [2.45, 2.75) is 77.0 Å². The molecule has 0 aliphatic carbocycles. The number of benzene rings is 3. The summed E-state index contributed by atoms with van der Waals surface area (Å²) in [5, 5.41) is 2.51. The number of nitrogens with zero attached hydrogens (tertiary/aromatic N) is 1. The van der Waals surface area contributed by atoms with Crippen LogP contribution in [-0.4, -0.2) is 39.2 Å². The summed E-state index contributed by atoms with van der Waals surface area (Å²) in [5.41, 5.74) is -2.95. The van der Waals surface area contributed by atoms with Gasteiger partial charge in [0.1, 0.15) is 14.6 Å². The molecule has 1 atom stereocenters. The van der Waals surface area contributed by atoms with Gasteiger partial charge in [0, 0.05) is 52.1 Å². The van der Waals surface area contributed by atoms with Gasteiger partial charge in [-0.3, -0.25) is 4.79 Å². The zero-order valence-electron chi connectivity index (χ0n) is 26.6. The zero-order chi connectivity index (χ0) is 34.9. The van der Waals surface area contributed by atoms with Crippen molar-refractivity contribution < 1.29 is 39.3 Å². The fraction of sp³-hybridized carbons (Fsp3) is 0.394. The third-order valence-electron chi connectivity index (χ3n) is 9.28. The normalized spacial score (nSPS) is 18.3. The molecule has 0 radical (unpaired) electrons. The molecule has 0 N–H and O–H groups in total. The van der Waals surface area contributed by atoms with Gasteiger partial charge in [-0.15, -0.1) is 0 Å². The first kappa shape index (κ1) is 36.0. The number of aryl methyl sites for hydroxylation is 1. The minimum Gasteiger partial charge on any atom is -0.370 e. The van der Waals surface area contributed by atoms with E-state index in [-0.39, 0.29) is 27.3 Å². The van der Waals surface area contributed by atoms with Crippen LogP contribution < -0.4 is 29.7 Å². The van der Waals surface area contributed by atoms with Gasteiger partial charge >= 0.3 is 15.6 Å². The van der Waals surface area contributed by atoms with Gasteiger partial charge in [-0.1, -0.05) is 44.3 Å². The summed E-state index contributed by atoms with van der Waals surface area (Å²) < 4.78 is 102. The van der Waals surface area contributed by atoms with Crippen LogP contribution in [0.5, 0.6) is 5.75 Å². The highest BCUT2D eigenvalue weighted by Gasteiger charge is 2.50. The van der Waals surface area contributed by atoms with E-state index in [2.05, 4.69) is 35.6 Å². The second kappa shape index (κ2) is 12.5. The Balaban J connectivity index is 1.91. The highest BCUT2D eigenvalue weighted by atomic mass is 127. The van der Waals surface area contributed by atoms with Crippen LogP contribution in [0.3, 0.4) is 0 Å². The Bertz CT molecular complexity index is 2050. The second-order valence-corrected chi connectivity index (χ2v) is 21.1. The molecule has 0 aromatic heterocycles. The average Bonchev–Trinajstić information content (AvgIpc) is 2.96. The first-order valence-electron chi connectivity index (χ1n) is 15.0. The Labute approximate surface area is 288 Å². The van der Waals surface area contributed by atoms with Crippen molar-refractivity contribution in [3.05, 3.63) is 86.9 Å². The summed E-state index contributed by atoms with van der Waals surface area (Å²) in [6.45, 7) is 12.5. The molecule has 47 heavy (non-hydrogen) atoms. The summed E-state index contributed by atoms with van der Waals surface area (Å²) in [5.74, 6) is -4.48. The lowest BCUT2D eigenvalue weighted by Crippen LogP contribution is -2.66. The lowest BCUT2D eigenvalue weighted by Gasteiger charge is -2.36. The lowest BCUT2D eigenvalue weighted by molar-refractivity contribution is -0.110. The fourth-order valence-electron chi connectivity index (χ4n) is 7.16. The van der Waals surface area contributed by atoms with Gasteiger partial charge in [-0.2, -0.15) is 21.6 Å². The van der Waals surface area contributed by atoms with E-state index in [0.717, 1.165) is 48.3 Å². The molecule has 1 unspecified atom stereocenters. The van der Waals surface area contributed by atoms with Crippen LogP contribution in [-0.2, 0) is 14.9 Å². The number of hydrogen-bond donors (Lipinski definition) is 0. The SMILES string of the molecule is Cc1ccccc1C1=c2cc3c(cc2[Si](C)(C)c2c1cc(F)c(OS(=O)(=O)C(F)(F)F)c2F)=[N+](CCCC(=O)SI)C(C)(C)CC3C. The largest absolute Gasteiger partial charge is 0.534 e. The van der Waals surface area contributed by atoms with Gasteiger partial charge in [-0.05, 0) is 85.6 Å². The van der Waals surface area contributed by atoms with E-state index in [1.165, 1.54) is 0 Å². The maximum Gasteiger partial charge on any atom is 0.534 e. The van der Waals surface area contributed by atoms with E-state index in [9.17, 15) is 26.4 Å². The van der Waals surface area contributed by atoms with Crippen molar-refractivity contribution in [2.24, 2.45) is 0 Å². The fourth-order valence-corrected chi connectivity index (χ4v) is 11.7. The van der Waals surface area contributed by atoms with Gasteiger partial charge in [0.15, 0.2) is 22.3 Å². The van der Waals surface area contributed by atoms with Crippen LogP contribution in [0.2, 0.25) is 13.1 Å². The Hall–Kier alpha value is -2.30. The van der Waals surface area contributed by atoms with Gasteiger partial charge < -0.3 is 4.18 Å². The first-order valence-corrected chi connectivity index (χ1v) is 22.7. The average molecular weight is 823 g/mol. The standard InChI is InChI=1S/C33H34F5INO4S2Si/c1-18-10-7-8-11-20(18)28-22-14-21-19(2)17-32(3,4)40(13-9-12-27(41)45-39)25(21)16-26(22)47(5,6)31-23(28)15-24(34)30(29(31)35)44-46(42,43)33(36,37)38/h7-8,10-11,14-16,19H,9,12-13,17H2,1-6H3/q+1. The van der Waals surface area contributed by atoms with E-state index in [1.807, 2.05) is 65.5 Å². The molecular weight excluding hydrogens is 788 g/mol. The smallest absolute Gasteiger partial charge is 0.370 e. The Morgan fingerprint density at radius 2 is 1.79 bits per heavy atom. The maximum atomic E-state index is 16.6. The molecule has 2 aliphatic rings. The van der Waals surface area contributed by atoms with E-state index in [1.54, 1.807) is 6.07 Å². The second-order valence-electron chi connectivity index (χ2n) is 13.3. The predicted octanol–water partition coefficient (Wildman–Crippen LogP) is 6.05. The van der Waals surface area contributed by atoms with Gasteiger partial charge in [0.05, 0.1) is 0 Å². The number of carbonyl (C=O) groups is 1. The van der Waals surface area contributed by atoms with Crippen LogP contribution in [0.25, 0.3) is 5.57 Å². The van der Waals surface area contributed by atoms with Gasteiger partial charge in [0.2, 0.25) is 11.1 Å². The van der Waals surface area contributed by atoms with Crippen LogP contribution in [0.4, 0.5) is 22.0 Å². The van der Waals surface area contributed by atoms with E-state index >= 15 is 8.78 Å². The molecule has 14 heteroatoms. The third-order valence-corrected chi connectivity index (χ3v) is 15.6. The summed E-state index contributed by atoms with van der Waals surface area (Å²) in [6.07, 6.45) is 1.84. The lowest BCUT2D eigenvalue weighted by atomic mass is 9.81. The zero-order valence-corrected chi connectivity index (χ0v) is 31.4. The minimum atomic E-state index is -6.35. The van der Waals surface area contributed by atoms with Crippen molar-refractivity contribution >= 4 is 69.4 Å². The molecule has 5 rings (SSSR count). The van der Waals surface area contributed by atoms with E-state index < -0.39 is 41.1 Å². The maximum absolute atomic E-state index is 16.6. The highest BCUT2D eigenvalue weighted by molar-refractivity contribution is 14.2. The van der Waals surface area contributed by atoms with E-state index in [0.29, 0.717) is 30.5 Å². The number of fused-ring (bicyclic) bond motifs is 3. The molecule has 252 valence electrons. The number of carbonyl (C=O) groups excluding carboxylic acids is 1. The van der Waals surface area contributed by atoms with Crippen LogP contribution in [0, 0.1) is 18.6 Å². The van der Waals surface area contributed by atoms with Crippen LogP contribution >= 0.6 is 30.1 Å².